The molecule has 0 saturated heterocycles. The molecule has 4 nitrogen and oxygen atoms in total. The fraction of sp³-hybridized carbons (Fsp3) is 0.278. The minimum absolute atomic E-state index is 0.158. The van der Waals surface area contributed by atoms with Crippen LogP contribution in [0.1, 0.15) is 34.8 Å². The Morgan fingerprint density at radius 3 is 2.32 bits per heavy atom. The fourth-order valence-corrected chi connectivity index (χ4v) is 2.17. The van der Waals surface area contributed by atoms with Crippen LogP contribution in [0.2, 0.25) is 0 Å². The van der Waals surface area contributed by atoms with Crippen LogP contribution in [0.4, 0.5) is 0 Å². The predicted molar refractivity (Wildman–Crippen MR) is 82.1 cm³/mol. The molecule has 2 rings (SSSR count). The first kappa shape index (κ1) is 15.9. The number of rotatable bonds is 7. The highest BCUT2D eigenvalue weighted by molar-refractivity contribution is 5.85. The number of carboxylic acids is 1. The van der Waals surface area contributed by atoms with E-state index in [9.17, 15) is 9.90 Å². The molecule has 22 heavy (non-hydrogen) atoms. The molecule has 0 N–H and O–H groups in total. The van der Waals surface area contributed by atoms with Gasteiger partial charge < -0.3 is 19.4 Å². The number of methoxy groups -OCH3 is 1. The number of hydrogen-bond donors (Lipinski definition) is 0. The summed E-state index contributed by atoms with van der Waals surface area (Å²) in [5, 5.41) is 10.7. The number of ether oxygens (including phenoxy) is 2. The summed E-state index contributed by atoms with van der Waals surface area (Å²) in [6.45, 7) is 2.48. The quantitative estimate of drug-likeness (QED) is 0.788. The third-order valence-corrected chi connectivity index (χ3v) is 3.35. The normalized spacial score (nSPS) is 10.3. The van der Waals surface area contributed by atoms with Gasteiger partial charge in [-0.3, -0.25) is 0 Å². The highest BCUT2D eigenvalue weighted by Crippen LogP contribution is 2.29. The molecule has 0 unspecified atom stereocenters. The Morgan fingerprint density at radius 2 is 1.73 bits per heavy atom. The van der Waals surface area contributed by atoms with Crippen molar-refractivity contribution in [3.8, 4) is 11.5 Å². The van der Waals surface area contributed by atoms with E-state index >= 15 is 0 Å². The van der Waals surface area contributed by atoms with Crippen molar-refractivity contribution >= 4 is 5.97 Å². The molecule has 4 heteroatoms. The Morgan fingerprint density at radius 1 is 1.05 bits per heavy atom. The molecule has 0 fully saturated rings. The third kappa shape index (κ3) is 4.01. The van der Waals surface area contributed by atoms with Gasteiger partial charge in [0.25, 0.3) is 0 Å². The average molecular weight is 299 g/mol. The van der Waals surface area contributed by atoms with Crippen molar-refractivity contribution in [2.24, 2.45) is 0 Å². The topological polar surface area (TPSA) is 58.6 Å². The maximum atomic E-state index is 10.7. The molecular formula is C18H19O4-. The molecule has 0 amide bonds. The molecule has 2 aromatic carbocycles. The third-order valence-electron chi connectivity index (χ3n) is 3.35. The highest BCUT2D eigenvalue weighted by Gasteiger charge is 2.06. The van der Waals surface area contributed by atoms with Crippen LogP contribution in [0.5, 0.6) is 11.5 Å². The zero-order valence-electron chi connectivity index (χ0n) is 12.8. The molecule has 0 aromatic heterocycles. The van der Waals surface area contributed by atoms with Gasteiger partial charge >= 0.3 is 0 Å². The molecule has 0 aliphatic heterocycles. The summed E-state index contributed by atoms with van der Waals surface area (Å²) in [6.07, 6.45) is 2.08. The lowest BCUT2D eigenvalue weighted by atomic mass is 10.1. The van der Waals surface area contributed by atoms with Crippen LogP contribution in [0.25, 0.3) is 0 Å². The Labute approximate surface area is 130 Å². The molecule has 116 valence electrons. The SMILES string of the molecule is CCCc1ccc(OCc2ccc(C(=O)[O-])cc2)c(OC)c1. The summed E-state index contributed by atoms with van der Waals surface area (Å²) in [5.41, 5.74) is 2.25. The largest absolute Gasteiger partial charge is 0.545 e. The van der Waals surface area contributed by atoms with E-state index in [0.717, 1.165) is 18.4 Å². The highest BCUT2D eigenvalue weighted by atomic mass is 16.5. The van der Waals surface area contributed by atoms with E-state index in [4.69, 9.17) is 9.47 Å². The van der Waals surface area contributed by atoms with E-state index in [0.29, 0.717) is 18.1 Å². The van der Waals surface area contributed by atoms with Gasteiger partial charge in [-0.05, 0) is 35.2 Å². The molecule has 0 heterocycles. The number of hydrogen-bond acceptors (Lipinski definition) is 4. The zero-order valence-corrected chi connectivity index (χ0v) is 12.8. The van der Waals surface area contributed by atoms with Gasteiger partial charge in [0, 0.05) is 0 Å². The Bertz CT molecular complexity index is 632. The number of carbonyl (C=O) groups excluding carboxylic acids is 1. The van der Waals surface area contributed by atoms with E-state index < -0.39 is 5.97 Å². The second kappa shape index (κ2) is 7.50. The second-order valence-electron chi connectivity index (χ2n) is 5.01. The zero-order chi connectivity index (χ0) is 15.9. The minimum atomic E-state index is -1.18. The number of carboxylic acid groups (broad SMARTS) is 1. The summed E-state index contributed by atoms with van der Waals surface area (Å²) in [5.74, 6) is 0.198. The smallest absolute Gasteiger partial charge is 0.161 e. The van der Waals surface area contributed by atoms with Gasteiger partial charge in [-0.15, -0.1) is 0 Å². The maximum Gasteiger partial charge on any atom is 0.161 e. The summed E-state index contributed by atoms with van der Waals surface area (Å²) in [7, 11) is 1.62. The Hall–Kier alpha value is -2.49. The second-order valence-corrected chi connectivity index (χ2v) is 5.01. The lowest BCUT2D eigenvalue weighted by Crippen LogP contribution is -2.22. The predicted octanol–water partition coefficient (Wildman–Crippen LogP) is 2.59. The fourth-order valence-electron chi connectivity index (χ4n) is 2.17. The first-order chi connectivity index (χ1) is 10.6. The first-order valence-corrected chi connectivity index (χ1v) is 7.24. The van der Waals surface area contributed by atoms with Gasteiger partial charge in [0.15, 0.2) is 11.5 Å². The molecule has 0 aliphatic rings. The lowest BCUT2D eigenvalue weighted by molar-refractivity contribution is -0.255. The average Bonchev–Trinajstić information content (AvgIpc) is 2.54. The Balaban J connectivity index is 2.05. The van der Waals surface area contributed by atoms with Crippen LogP contribution >= 0.6 is 0 Å². The monoisotopic (exact) mass is 299 g/mol. The molecule has 2 aromatic rings. The summed E-state index contributed by atoms with van der Waals surface area (Å²) >= 11 is 0. The van der Waals surface area contributed by atoms with Crippen molar-refractivity contribution in [2.75, 3.05) is 7.11 Å². The van der Waals surface area contributed by atoms with Crippen LogP contribution in [0, 0.1) is 0 Å². The van der Waals surface area contributed by atoms with E-state index in [-0.39, 0.29) is 5.56 Å². The number of benzene rings is 2. The van der Waals surface area contributed by atoms with Crippen molar-refractivity contribution in [3.63, 3.8) is 0 Å². The van der Waals surface area contributed by atoms with Gasteiger partial charge in [0.1, 0.15) is 6.61 Å². The van der Waals surface area contributed by atoms with E-state index in [2.05, 4.69) is 6.92 Å². The molecule has 0 saturated carbocycles. The van der Waals surface area contributed by atoms with E-state index in [1.807, 2.05) is 18.2 Å². The van der Waals surface area contributed by atoms with Crippen LogP contribution in [-0.4, -0.2) is 13.1 Å². The van der Waals surface area contributed by atoms with Crippen molar-refractivity contribution in [1.29, 1.82) is 0 Å². The van der Waals surface area contributed by atoms with E-state index in [1.165, 1.54) is 17.7 Å². The van der Waals surface area contributed by atoms with Crippen molar-refractivity contribution in [1.82, 2.24) is 0 Å². The van der Waals surface area contributed by atoms with Crippen LogP contribution in [0.3, 0.4) is 0 Å². The minimum Gasteiger partial charge on any atom is -0.545 e. The number of carbonyl (C=O) groups is 1. The van der Waals surface area contributed by atoms with Crippen molar-refractivity contribution in [2.45, 2.75) is 26.4 Å². The van der Waals surface area contributed by atoms with Crippen LogP contribution < -0.4 is 14.6 Å². The Kier molecular flexibility index (Phi) is 5.42. The number of aryl methyl sites for hydroxylation is 1. The summed E-state index contributed by atoms with van der Waals surface area (Å²) in [4.78, 5) is 10.7. The molecule has 0 spiro atoms. The molecule has 0 aliphatic carbocycles. The summed E-state index contributed by atoms with van der Waals surface area (Å²) in [6, 6.07) is 12.4. The summed E-state index contributed by atoms with van der Waals surface area (Å²) < 4.78 is 11.1. The first-order valence-electron chi connectivity index (χ1n) is 7.24. The van der Waals surface area contributed by atoms with Gasteiger partial charge in [0.2, 0.25) is 0 Å². The molecular weight excluding hydrogens is 280 g/mol. The number of aromatic carboxylic acids is 1. The van der Waals surface area contributed by atoms with Crippen molar-refractivity contribution < 1.29 is 19.4 Å². The van der Waals surface area contributed by atoms with Gasteiger partial charge in [-0.25, -0.2) is 0 Å². The van der Waals surface area contributed by atoms with Crippen LogP contribution in [-0.2, 0) is 13.0 Å². The van der Waals surface area contributed by atoms with Gasteiger partial charge in [0.05, 0.1) is 13.1 Å². The maximum absolute atomic E-state index is 10.7. The van der Waals surface area contributed by atoms with Crippen LogP contribution in [0.15, 0.2) is 42.5 Å². The molecule has 0 bridgehead atoms. The van der Waals surface area contributed by atoms with E-state index in [1.54, 1.807) is 19.2 Å². The van der Waals surface area contributed by atoms with Crippen molar-refractivity contribution in [3.05, 3.63) is 59.2 Å². The lowest BCUT2D eigenvalue weighted by Gasteiger charge is -2.12. The van der Waals surface area contributed by atoms with Gasteiger partial charge in [-0.1, -0.05) is 43.7 Å². The standard InChI is InChI=1S/C18H20O4/c1-3-4-13-7-10-16(17(11-13)21-2)22-12-14-5-8-15(9-6-14)18(19)20/h5-11H,3-4,12H2,1-2H3,(H,19,20)/p-1. The van der Waals surface area contributed by atoms with Gasteiger partial charge in [-0.2, -0.15) is 0 Å². The molecule has 0 atom stereocenters. The molecule has 0 radical (unpaired) electrons.